The fourth-order valence-corrected chi connectivity index (χ4v) is 2.74. The van der Waals surface area contributed by atoms with Gasteiger partial charge in [-0.2, -0.15) is 8.78 Å². The van der Waals surface area contributed by atoms with Crippen LogP contribution in [0, 0.1) is 0 Å². The standard InChI is InChI=1S/C18H17F2NO6S/c19-18(20)28(24,25)15-8-6-13(7-9-15)21-16(22)12-27-17(23)10-11-26-14-4-2-1-3-5-14/h1-9,18H,10-12H2,(H,21,22). The zero-order valence-electron chi connectivity index (χ0n) is 14.5. The van der Waals surface area contributed by atoms with E-state index in [4.69, 9.17) is 9.47 Å². The molecule has 0 aliphatic carbocycles. The summed E-state index contributed by atoms with van der Waals surface area (Å²) >= 11 is 0. The van der Waals surface area contributed by atoms with Gasteiger partial charge in [0.2, 0.25) is 9.84 Å². The average molecular weight is 413 g/mol. The van der Waals surface area contributed by atoms with Crippen molar-refractivity contribution in [2.24, 2.45) is 0 Å². The van der Waals surface area contributed by atoms with Gasteiger partial charge in [0.1, 0.15) is 5.75 Å². The lowest BCUT2D eigenvalue weighted by atomic mass is 10.3. The number of esters is 1. The second-order valence-electron chi connectivity index (χ2n) is 5.45. The first kappa shape index (κ1) is 21.3. The monoisotopic (exact) mass is 413 g/mol. The number of anilines is 1. The third-order valence-corrected chi connectivity index (χ3v) is 4.78. The van der Waals surface area contributed by atoms with Crippen LogP contribution in [0.4, 0.5) is 14.5 Å². The van der Waals surface area contributed by atoms with Gasteiger partial charge in [0.25, 0.3) is 5.91 Å². The molecule has 0 fully saturated rings. The highest BCUT2D eigenvalue weighted by molar-refractivity contribution is 7.91. The van der Waals surface area contributed by atoms with Gasteiger partial charge in [0.05, 0.1) is 17.9 Å². The van der Waals surface area contributed by atoms with Crippen LogP contribution in [0.3, 0.4) is 0 Å². The molecule has 0 atom stereocenters. The number of rotatable bonds is 9. The molecule has 0 spiro atoms. The summed E-state index contributed by atoms with van der Waals surface area (Å²) in [5, 5.41) is 2.36. The highest BCUT2D eigenvalue weighted by Crippen LogP contribution is 2.20. The maximum absolute atomic E-state index is 12.5. The molecule has 10 heteroatoms. The number of amides is 1. The van der Waals surface area contributed by atoms with Crippen molar-refractivity contribution in [1.29, 1.82) is 0 Å². The largest absolute Gasteiger partial charge is 0.493 e. The van der Waals surface area contributed by atoms with Gasteiger partial charge < -0.3 is 14.8 Å². The van der Waals surface area contributed by atoms with Crippen molar-refractivity contribution in [2.75, 3.05) is 18.5 Å². The Labute approximate surface area is 160 Å². The lowest BCUT2D eigenvalue weighted by Crippen LogP contribution is -2.21. The van der Waals surface area contributed by atoms with Crippen molar-refractivity contribution in [3.63, 3.8) is 0 Å². The van der Waals surface area contributed by atoms with Gasteiger partial charge in [0.15, 0.2) is 6.61 Å². The number of alkyl halides is 2. The maximum Gasteiger partial charge on any atom is 0.341 e. The number of nitrogens with one attached hydrogen (secondary N) is 1. The van der Waals surface area contributed by atoms with Crippen LogP contribution in [0.5, 0.6) is 5.75 Å². The normalized spacial score (nSPS) is 11.1. The van der Waals surface area contributed by atoms with Gasteiger partial charge in [0, 0.05) is 5.69 Å². The van der Waals surface area contributed by atoms with Crippen molar-refractivity contribution < 1.29 is 36.3 Å². The first-order chi connectivity index (χ1) is 13.3. The summed E-state index contributed by atoms with van der Waals surface area (Å²) in [6.45, 7) is -0.466. The predicted molar refractivity (Wildman–Crippen MR) is 95.8 cm³/mol. The van der Waals surface area contributed by atoms with E-state index >= 15 is 0 Å². The molecular weight excluding hydrogens is 396 g/mol. The molecule has 150 valence electrons. The highest BCUT2D eigenvalue weighted by Gasteiger charge is 2.26. The Morgan fingerprint density at radius 2 is 1.64 bits per heavy atom. The molecule has 2 aromatic rings. The number of benzene rings is 2. The number of carbonyl (C=O) groups excluding carboxylic acids is 2. The minimum absolute atomic E-state index is 0.0532. The van der Waals surface area contributed by atoms with Crippen molar-refractivity contribution in [2.45, 2.75) is 17.1 Å². The second kappa shape index (κ2) is 9.79. The molecule has 0 unspecified atom stereocenters. The molecule has 0 aliphatic heterocycles. The van der Waals surface area contributed by atoms with Crippen LogP contribution in [0.15, 0.2) is 59.5 Å². The van der Waals surface area contributed by atoms with Crippen LogP contribution in [0.25, 0.3) is 0 Å². The smallest absolute Gasteiger partial charge is 0.341 e. The van der Waals surface area contributed by atoms with E-state index in [9.17, 15) is 26.8 Å². The summed E-state index contributed by atoms with van der Waals surface area (Å²) in [4.78, 5) is 22.8. The van der Waals surface area contributed by atoms with Crippen LogP contribution in [-0.4, -0.2) is 39.3 Å². The molecule has 0 aromatic heterocycles. The van der Waals surface area contributed by atoms with E-state index in [1.807, 2.05) is 6.07 Å². The molecule has 0 bridgehead atoms. The topological polar surface area (TPSA) is 98.8 Å². The van der Waals surface area contributed by atoms with E-state index in [0.29, 0.717) is 5.75 Å². The van der Waals surface area contributed by atoms with E-state index in [1.165, 1.54) is 0 Å². The first-order valence-electron chi connectivity index (χ1n) is 8.04. The molecule has 2 aromatic carbocycles. The SMILES string of the molecule is O=C(COC(=O)CCOc1ccccc1)Nc1ccc(S(=O)(=O)C(F)F)cc1. The van der Waals surface area contributed by atoms with Crippen LogP contribution in [0.1, 0.15) is 6.42 Å². The molecule has 1 amide bonds. The lowest BCUT2D eigenvalue weighted by Gasteiger charge is -2.08. The number of hydrogen-bond donors (Lipinski definition) is 1. The van der Waals surface area contributed by atoms with Crippen molar-refractivity contribution in [1.82, 2.24) is 0 Å². The molecule has 28 heavy (non-hydrogen) atoms. The quantitative estimate of drug-likeness (QED) is 0.635. The van der Waals surface area contributed by atoms with E-state index in [0.717, 1.165) is 24.3 Å². The minimum atomic E-state index is -4.70. The molecule has 0 heterocycles. The molecule has 0 radical (unpaired) electrons. The van der Waals surface area contributed by atoms with Gasteiger partial charge in [-0.1, -0.05) is 18.2 Å². The molecule has 0 saturated heterocycles. The van der Waals surface area contributed by atoms with Crippen LogP contribution >= 0.6 is 0 Å². The molecule has 2 rings (SSSR count). The fraction of sp³-hybridized carbons (Fsp3) is 0.222. The number of hydrogen-bond acceptors (Lipinski definition) is 6. The number of sulfone groups is 1. The minimum Gasteiger partial charge on any atom is -0.493 e. The van der Waals surface area contributed by atoms with E-state index in [2.05, 4.69) is 5.32 Å². The molecule has 7 nitrogen and oxygen atoms in total. The summed E-state index contributed by atoms with van der Waals surface area (Å²) in [6, 6.07) is 13.1. The first-order valence-corrected chi connectivity index (χ1v) is 9.59. The number of carbonyl (C=O) groups is 2. The van der Waals surface area contributed by atoms with Crippen molar-refractivity contribution in [3.8, 4) is 5.75 Å². The molecular formula is C18H17F2NO6S. The summed E-state index contributed by atoms with van der Waals surface area (Å²) in [6.07, 6.45) is -0.0532. The van der Waals surface area contributed by atoms with Crippen molar-refractivity contribution >= 4 is 27.4 Å². The van der Waals surface area contributed by atoms with E-state index in [-0.39, 0.29) is 18.7 Å². The van der Waals surface area contributed by atoms with Gasteiger partial charge in [-0.25, -0.2) is 8.42 Å². The maximum atomic E-state index is 12.5. The Morgan fingerprint density at radius 1 is 1.00 bits per heavy atom. The summed E-state index contributed by atoms with van der Waals surface area (Å²) < 4.78 is 57.7. The van der Waals surface area contributed by atoms with Gasteiger partial charge in [-0.3, -0.25) is 9.59 Å². The lowest BCUT2D eigenvalue weighted by molar-refractivity contribution is -0.147. The van der Waals surface area contributed by atoms with E-state index < -0.39 is 39.0 Å². The average Bonchev–Trinajstić information content (AvgIpc) is 2.67. The number of para-hydroxylation sites is 1. The Balaban J connectivity index is 1.74. The Morgan fingerprint density at radius 3 is 2.25 bits per heavy atom. The third-order valence-electron chi connectivity index (χ3n) is 3.38. The van der Waals surface area contributed by atoms with Crippen LogP contribution in [0.2, 0.25) is 0 Å². The van der Waals surface area contributed by atoms with Gasteiger partial charge >= 0.3 is 11.7 Å². The number of halogens is 2. The molecule has 0 saturated carbocycles. The zero-order chi connectivity index (χ0) is 20.6. The Bertz CT molecular complexity index is 901. The molecule has 1 N–H and O–H groups in total. The highest BCUT2D eigenvalue weighted by atomic mass is 32.2. The molecule has 0 aliphatic rings. The summed E-state index contributed by atoms with van der Waals surface area (Å²) in [5.74, 6) is -4.23. The fourth-order valence-electron chi connectivity index (χ4n) is 2.02. The van der Waals surface area contributed by atoms with Crippen LogP contribution in [-0.2, 0) is 24.2 Å². The van der Waals surface area contributed by atoms with Crippen LogP contribution < -0.4 is 10.1 Å². The second-order valence-corrected chi connectivity index (χ2v) is 7.37. The van der Waals surface area contributed by atoms with Gasteiger partial charge in [-0.05, 0) is 36.4 Å². The Hall–Kier alpha value is -3.01. The summed E-state index contributed by atoms with van der Waals surface area (Å²) in [7, 11) is -4.70. The van der Waals surface area contributed by atoms with Gasteiger partial charge in [-0.15, -0.1) is 0 Å². The van der Waals surface area contributed by atoms with E-state index in [1.54, 1.807) is 24.3 Å². The number of ether oxygens (including phenoxy) is 2. The third kappa shape index (κ3) is 6.31. The Kier molecular flexibility index (Phi) is 7.44. The predicted octanol–water partition coefficient (Wildman–Crippen LogP) is 2.63. The summed E-state index contributed by atoms with van der Waals surface area (Å²) in [5.41, 5.74) is 0.168. The zero-order valence-corrected chi connectivity index (χ0v) is 15.3. The van der Waals surface area contributed by atoms with Crippen molar-refractivity contribution in [3.05, 3.63) is 54.6 Å².